The molecule has 1 heterocycles. The van der Waals surface area contributed by atoms with E-state index in [2.05, 4.69) is 31.8 Å². The standard InChI is InChI=1S/C11H17NS/c1-5-6-10(12-4)11-7-8(2)9(3)13-11/h5,7,10,12H,1,6H2,2-4H3. The minimum Gasteiger partial charge on any atom is -0.312 e. The summed E-state index contributed by atoms with van der Waals surface area (Å²) < 4.78 is 0. The van der Waals surface area contributed by atoms with E-state index >= 15 is 0 Å². The highest BCUT2D eigenvalue weighted by molar-refractivity contribution is 7.12. The topological polar surface area (TPSA) is 12.0 Å². The molecule has 1 atom stereocenters. The molecule has 0 radical (unpaired) electrons. The summed E-state index contributed by atoms with van der Waals surface area (Å²) in [5.74, 6) is 0. The van der Waals surface area contributed by atoms with Gasteiger partial charge in [-0.05, 0) is 38.9 Å². The van der Waals surface area contributed by atoms with Crippen LogP contribution in [0.25, 0.3) is 0 Å². The van der Waals surface area contributed by atoms with E-state index in [1.165, 1.54) is 15.3 Å². The molecule has 13 heavy (non-hydrogen) atoms. The molecule has 2 heteroatoms. The van der Waals surface area contributed by atoms with Crippen LogP contribution in [0.1, 0.15) is 27.8 Å². The van der Waals surface area contributed by atoms with Crippen LogP contribution in [0.15, 0.2) is 18.7 Å². The van der Waals surface area contributed by atoms with Crippen LogP contribution in [0.5, 0.6) is 0 Å². The quantitative estimate of drug-likeness (QED) is 0.727. The second kappa shape index (κ2) is 4.58. The molecule has 0 aromatic carbocycles. The first-order valence-corrected chi connectivity index (χ1v) is 5.35. The zero-order valence-corrected chi connectivity index (χ0v) is 9.37. The van der Waals surface area contributed by atoms with Gasteiger partial charge in [-0.3, -0.25) is 0 Å². The van der Waals surface area contributed by atoms with Gasteiger partial charge in [0.1, 0.15) is 0 Å². The summed E-state index contributed by atoms with van der Waals surface area (Å²) in [6.07, 6.45) is 2.96. The summed E-state index contributed by atoms with van der Waals surface area (Å²) in [6, 6.07) is 2.71. The second-order valence-corrected chi connectivity index (χ2v) is 4.54. The molecule has 0 spiro atoms. The van der Waals surface area contributed by atoms with Gasteiger partial charge in [-0.25, -0.2) is 0 Å². The first-order chi connectivity index (χ1) is 6.19. The number of thiophene rings is 1. The molecule has 0 fully saturated rings. The second-order valence-electron chi connectivity index (χ2n) is 3.25. The Kier molecular flexibility index (Phi) is 3.70. The number of rotatable bonds is 4. The van der Waals surface area contributed by atoms with Crippen molar-refractivity contribution in [2.75, 3.05) is 7.05 Å². The Balaban J connectivity index is 2.84. The van der Waals surface area contributed by atoms with Gasteiger partial charge in [0, 0.05) is 15.8 Å². The van der Waals surface area contributed by atoms with Crippen molar-refractivity contribution in [2.24, 2.45) is 0 Å². The normalized spacial score (nSPS) is 12.8. The molecule has 0 amide bonds. The molecule has 0 saturated heterocycles. The van der Waals surface area contributed by atoms with Crippen molar-refractivity contribution in [1.82, 2.24) is 5.32 Å². The Morgan fingerprint density at radius 3 is 2.69 bits per heavy atom. The molecular weight excluding hydrogens is 178 g/mol. The molecule has 0 saturated carbocycles. The van der Waals surface area contributed by atoms with E-state index in [9.17, 15) is 0 Å². The van der Waals surface area contributed by atoms with Crippen LogP contribution in [-0.2, 0) is 0 Å². The summed E-state index contributed by atoms with van der Waals surface area (Å²) in [5, 5.41) is 3.30. The lowest BCUT2D eigenvalue weighted by atomic mass is 10.1. The van der Waals surface area contributed by atoms with Crippen molar-refractivity contribution in [3.8, 4) is 0 Å². The van der Waals surface area contributed by atoms with Crippen molar-refractivity contribution in [3.63, 3.8) is 0 Å². The summed E-state index contributed by atoms with van der Waals surface area (Å²) in [6.45, 7) is 8.10. The lowest BCUT2D eigenvalue weighted by molar-refractivity contribution is 0.614. The Morgan fingerprint density at radius 2 is 2.31 bits per heavy atom. The zero-order valence-electron chi connectivity index (χ0n) is 8.55. The molecule has 0 aliphatic heterocycles. The van der Waals surface area contributed by atoms with E-state index in [1.54, 1.807) is 0 Å². The fourth-order valence-corrected chi connectivity index (χ4v) is 2.48. The molecule has 1 aromatic heterocycles. The molecule has 1 nitrogen and oxygen atoms in total. The molecule has 0 bridgehead atoms. The SMILES string of the molecule is C=CCC(NC)c1cc(C)c(C)s1. The highest BCUT2D eigenvalue weighted by Gasteiger charge is 2.10. The van der Waals surface area contributed by atoms with Gasteiger partial charge in [0.15, 0.2) is 0 Å². The van der Waals surface area contributed by atoms with E-state index in [4.69, 9.17) is 0 Å². The van der Waals surface area contributed by atoms with Crippen LogP contribution in [0.4, 0.5) is 0 Å². The van der Waals surface area contributed by atoms with Gasteiger partial charge in [0.05, 0.1) is 0 Å². The Hall–Kier alpha value is -0.600. The molecule has 1 rings (SSSR count). The smallest absolute Gasteiger partial charge is 0.0447 e. The molecule has 0 aliphatic carbocycles. The predicted octanol–water partition coefficient (Wildman–Crippen LogP) is 3.20. The van der Waals surface area contributed by atoms with Crippen molar-refractivity contribution in [3.05, 3.63) is 34.0 Å². The van der Waals surface area contributed by atoms with E-state index in [1.807, 2.05) is 24.5 Å². The number of hydrogen-bond donors (Lipinski definition) is 1. The molecule has 0 aliphatic rings. The molecular formula is C11H17NS. The lowest BCUT2D eigenvalue weighted by Gasteiger charge is -2.10. The molecule has 1 aromatic rings. The fourth-order valence-electron chi connectivity index (χ4n) is 1.32. The maximum absolute atomic E-state index is 3.77. The monoisotopic (exact) mass is 195 g/mol. The maximum Gasteiger partial charge on any atom is 0.0447 e. The average molecular weight is 195 g/mol. The third kappa shape index (κ3) is 2.42. The van der Waals surface area contributed by atoms with Crippen molar-refractivity contribution < 1.29 is 0 Å². The lowest BCUT2D eigenvalue weighted by Crippen LogP contribution is -2.13. The largest absolute Gasteiger partial charge is 0.312 e. The summed E-state index contributed by atoms with van der Waals surface area (Å²) >= 11 is 1.88. The predicted molar refractivity (Wildman–Crippen MR) is 60.4 cm³/mol. The molecule has 72 valence electrons. The number of nitrogens with one attached hydrogen (secondary N) is 1. The first-order valence-electron chi connectivity index (χ1n) is 4.54. The van der Waals surface area contributed by atoms with Crippen LogP contribution in [0, 0.1) is 13.8 Å². The van der Waals surface area contributed by atoms with E-state index in [0.29, 0.717) is 6.04 Å². The summed E-state index contributed by atoms with van der Waals surface area (Å²) in [7, 11) is 2.00. The summed E-state index contributed by atoms with van der Waals surface area (Å²) in [5.41, 5.74) is 1.39. The highest BCUT2D eigenvalue weighted by atomic mass is 32.1. The minimum atomic E-state index is 0.440. The highest BCUT2D eigenvalue weighted by Crippen LogP contribution is 2.28. The maximum atomic E-state index is 3.77. The average Bonchev–Trinajstić information content (AvgIpc) is 2.43. The van der Waals surface area contributed by atoms with Crippen molar-refractivity contribution >= 4 is 11.3 Å². The van der Waals surface area contributed by atoms with Crippen molar-refractivity contribution in [2.45, 2.75) is 26.3 Å². The van der Waals surface area contributed by atoms with Crippen LogP contribution >= 0.6 is 11.3 Å². The van der Waals surface area contributed by atoms with Crippen LogP contribution in [0.2, 0.25) is 0 Å². The Labute approximate surface area is 84.5 Å². The van der Waals surface area contributed by atoms with Gasteiger partial charge in [-0.1, -0.05) is 6.08 Å². The minimum absolute atomic E-state index is 0.440. The van der Waals surface area contributed by atoms with Gasteiger partial charge >= 0.3 is 0 Å². The molecule has 1 unspecified atom stereocenters. The zero-order chi connectivity index (χ0) is 9.84. The van der Waals surface area contributed by atoms with E-state index < -0.39 is 0 Å². The van der Waals surface area contributed by atoms with Crippen LogP contribution < -0.4 is 5.32 Å². The van der Waals surface area contributed by atoms with Gasteiger partial charge in [0.2, 0.25) is 0 Å². The Bertz CT molecular complexity index is 269. The van der Waals surface area contributed by atoms with Crippen LogP contribution in [-0.4, -0.2) is 7.05 Å². The third-order valence-corrected chi connectivity index (χ3v) is 3.55. The van der Waals surface area contributed by atoms with Gasteiger partial charge in [0.25, 0.3) is 0 Å². The number of hydrogen-bond acceptors (Lipinski definition) is 2. The third-order valence-electron chi connectivity index (χ3n) is 2.28. The summed E-state index contributed by atoms with van der Waals surface area (Å²) in [4.78, 5) is 2.83. The fraction of sp³-hybridized carbons (Fsp3) is 0.455. The van der Waals surface area contributed by atoms with E-state index in [0.717, 1.165) is 6.42 Å². The van der Waals surface area contributed by atoms with Gasteiger partial charge in [-0.2, -0.15) is 0 Å². The first kappa shape index (κ1) is 10.5. The van der Waals surface area contributed by atoms with Gasteiger partial charge in [-0.15, -0.1) is 17.9 Å². The number of aryl methyl sites for hydroxylation is 2. The van der Waals surface area contributed by atoms with E-state index in [-0.39, 0.29) is 0 Å². The van der Waals surface area contributed by atoms with Gasteiger partial charge < -0.3 is 5.32 Å². The Morgan fingerprint density at radius 1 is 1.62 bits per heavy atom. The van der Waals surface area contributed by atoms with Crippen molar-refractivity contribution in [1.29, 1.82) is 0 Å². The van der Waals surface area contributed by atoms with Crippen LogP contribution in [0.3, 0.4) is 0 Å². The molecule has 1 N–H and O–H groups in total.